The van der Waals surface area contributed by atoms with Crippen molar-refractivity contribution in [3.8, 4) is 0 Å². The molecule has 2 rings (SSSR count). The molecule has 0 aliphatic carbocycles. The topological polar surface area (TPSA) is 12.0 Å². The van der Waals surface area contributed by atoms with Crippen LogP contribution < -0.4 is 5.32 Å². The minimum absolute atomic E-state index is 0.203. The van der Waals surface area contributed by atoms with E-state index in [1.165, 1.54) is 6.07 Å². The molecule has 1 atom stereocenters. The van der Waals surface area contributed by atoms with E-state index in [-0.39, 0.29) is 11.7 Å². The second kappa shape index (κ2) is 6.95. The first-order chi connectivity index (χ1) is 9.92. The quantitative estimate of drug-likeness (QED) is 0.616. The second-order valence-electron chi connectivity index (χ2n) is 4.52. The minimum atomic E-state index is -0.662. The molecule has 0 fully saturated rings. The van der Waals surface area contributed by atoms with Crippen molar-refractivity contribution >= 4 is 44.8 Å². The second-order valence-corrected chi connectivity index (χ2v) is 6.21. The predicted molar refractivity (Wildman–Crippen MR) is 87.2 cm³/mol. The van der Waals surface area contributed by atoms with Crippen LogP contribution in [0.5, 0.6) is 0 Å². The Morgan fingerprint density at radius 1 is 1.19 bits per heavy atom. The van der Waals surface area contributed by atoms with Gasteiger partial charge in [-0.15, -0.1) is 0 Å². The third kappa shape index (κ3) is 3.87. The maximum Gasteiger partial charge on any atom is 0.150 e. The van der Waals surface area contributed by atoms with Crippen molar-refractivity contribution in [3.63, 3.8) is 0 Å². The summed E-state index contributed by atoms with van der Waals surface area (Å²) in [4.78, 5) is 0. The molecule has 0 heterocycles. The van der Waals surface area contributed by atoms with Gasteiger partial charge >= 0.3 is 0 Å². The normalized spacial score (nSPS) is 12.3. The van der Waals surface area contributed by atoms with Gasteiger partial charge in [0.1, 0.15) is 11.6 Å². The van der Waals surface area contributed by atoms with Crippen LogP contribution in [0, 0.1) is 11.6 Å². The number of benzene rings is 2. The van der Waals surface area contributed by atoms with E-state index >= 15 is 0 Å². The summed E-state index contributed by atoms with van der Waals surface area (Å²) >= 11 is 15.2. The Labute approximate surface area is 140 Å². The highest BCUT2D eigenvalue weighted by atomic mass is 79.9. The van der Waals surface area contributed by atoms with Gasteiger partial charge in [0.15, 0.2) is 0 Å². The third-order valence-corrected chi connectivity index (χ3v) is 4.26. The third-order valence-electron chi connectivity index (χ3n) is 3.07. The zero-order chi connectivity index (χ0) is 15.6. The summed E-state index contributed by atoms with van der Waals surface area (Å²) in [6.07, 6.45) is 0.671. The SMILES string of the molecule is CCC(Nc1c(F)cc(F)cc1Br)c1ccc(Cl)cc1Cl. The number of nitrogens with one attached hydrogen (secondary N) is 1. The van der Waals surface area contributed by atoms with Crippen molar-refractivity contribution in [2.45, 2.75) is 19.4 Å². The monoisotopic (exact) mass is 393 g/mol. The molecule has 0 bridgehead atoms. The number of rotatable bonds is 4. The molecule has 0 spiro atoms. The largest absolute Gasteiger partial charge is 0.375 e. The van der Waals surface area contributed by atoms with Gasteiger partial charge in [-0.2, -0.15) is 0 Å². The van der Waals surface area contributed by atoms with E-state index in [1.807, 2.05) is 6.92 Å². The van der Waals surface area contributed by atoms with Gasteiger partial charge in [-0.1, -0.05) is 36.2 Å². The van der Waals surface area contributed by atoms with Crippen molar-refractivity contribution < 1.29 is 8.78 Å². The molecular formula is C15H12BrCl2F2N. The fourth-order valence-corrected chi connectivity index (χ4v) is 3.10. The van der Waals surface area contributed by atoms with E-state index in [0.717, 1.165) is 11.6 Å². The first-order valence-electron chi connectivity index (χ1n) is 6.28. The molecule has 1 nitrogen and oxygen atoms in total. The smallest absolute Gasteiger partial charge is 0.150 e. The summed E-state index contributed by atoms with van der Waals surface area (Å²) in [5.41, 5.74) is 1.01. The standard InChI is InChI=1S/C15H12BrCl2F2N/c1-2-14(10-4-3-8(17)5-12(10)18)21-15-11(16)6-9(19)7-13(15)20/h3-7,14,21H,2H2,1H3. The summed E-state index contributed by atoms with van der Waals surface area (Å²) in [5.74, 6) is -1.30. The average molecular weight is 395 g/mol. The van der Waals surface area contributed by atoms with Crippen molar-refractivity contribution in [2.24, 2.45) is 0 Å². The highest BCUT2D eigenvalue weighted by molar-refractivity contribution is 9.10. The molecule has 0 radical (unpaired) electrons. The maximum atomic E-state index is 13.9. The summed E-state index contributed by atoms with van der Waals surface area (Å²) in [5, 5.41) is 4.09. The van der Waals surface area contributed by atoms with E-state index in [2.05, 4.69) is 21.2 Å². The van der Waals surface area contributed by atoms with Gasteiger partial charge in [0, 0.05) is 20.6 Å². The molecule has 1 unspecified atom stereocenters. The number of halogens is 5. The van der Waals surface area contributed by atoms with Crippen LogP contribution in [0.1, 0.15) is 24.9 Å². The van der Waals surface area contributed by atoms with E-state index in [0.29, 0.717) is 20.9 Å². The summed E-state index contributed by atoms with van der Waals surface area (Å²) < 4.78 is 27.4. The number of anilines is 1. The Balaban J connectivity index is 2.36. The van der Waals surface area contributed by atoms with Crippen molar-refractivity contribution in [3.05, 3.63) is 62.0 Å². The average Bonchev–Trinajstić information content (AvgIpc) is 2.39. The van der Waals surface area contributed by atoms with Crippen LogP contribution in [-0.2, 0) is 0 Å². The highest BCUT2D eigenvalue weighted by Crippen LogP contribution is 2.34. The molecule has 2 aromatic rings. The number of hydrogen-bond donors (Lipinski definition) is 1. The molecule has 2 aromatic carbocycles. The van der Waals surface area contributed by atoms with Gasteiger partial charge in [0.25, 0.3) is 0 Å². The van der Waals surface area contributed by atoms with Crippen LogP contribution >= 0.6 is 39.1 Å². The highest BCUT2D eigenvalue weighted by Gasteiger charge is 2.17. The zero-order valence-corrected chi connectivity index (χ0v) is 14.2. The van der Waals surface area contributed by atoms with E-state index in [1.54, 1.807) is 18.2 Å². The molecule has 6 heteroatoms. The molecular weight excluding hydrogens is 383 g/mol. The molecule has 0 aliphatic heterocycles. The summed E-state index contributed by atoms with van der Waals surface area (Å²) in [6.45, 7) is 1.94. The zero-order valence-electron chi connectivity index (χ0n) is 11.1. The molecule has 112 valence electrons. The summed E-state index contributed by atoms with van der Waals surface area (Å²) in [7, 11) is 0. The lowest BCUT2D eigenvalue weighted by Gasteiger charge is -2.21. The Bertz CT molecular complexity index is 641. The van der Waals surface area contributed by atoms with Gasteiger partial charge < -0.3 is 5.32 Å². The van der Waals surface area contributed by atoms with Gasteiger partial charge in [0.2, 0.25) is 0 Å². The van der Waals surface area contributed by atoms with Crippen LogP contribution in [0.15, 0.2) is 34.8 Å². The maximum absolute atomic E-state index is 13.9. The Kier molecular flexibility index (Phi) is 5.47. The van der Waals surface area contributed by atoms with Crippen LogP contribution in [0.2, 0.25) is 10.0 Å². The first-order valence-corrected chi connectivity index (χ1v) is 7.83. The van der Waals surface area contributed by atoms with Crippen LogP contribution in [0.25, 0.3) is 0 Å². The Morgan fingerprint density at radius 2 is 1.90 bits per heavy atom. The molecule has 0 saturated carbocycles. The fourth-order valence-electron chi connectivity index (χ4n) is 2.04. The van der Waals surface area contributed by atoms with Crippen LogP contribution in [0.3, 0.4) is 0 Å². The summed E-state index contributed by atoms with van der Waals surface area (Å²) in [6, 6.07) is 6.99. The lowest BCUT2D eigenvalue weighted by Crippen LogP contribution is -2.12. The van der Waals surface area contributed by atoms with Gasteiger partial charge in [-0.25, -0.2) is 8.78 Å². The Hall–Kier alpha value is -0.840. The number of hydrogen-bond acceptors (Lipinski definition) is 1. The minimum Gasteiger partial charge on any atom is -0.375 e. The van der Waals surface area contributed by atoms with Gasteiger partial charge in [-0.3, -0.25) is 0 Å². The first kappa shape index (κ1) is 16.5. The van der Waals surface area contributed by atoms with Crippen LogP contribution in [-0.4, -0.2) is 0 Å². The van der Waals surface area contributed by atoms with Crippen molar-refractivity contribution in [1.29, 1.82) is 0 Å². The van der Waals surface area contributed by atoms with Gasteiger partial charge in [-0.05, 0) is 46.1 Å². The van der Waals surface area contributed by atoms with Crippen LogP contribution in [0.4, 0.5) is 14.5 Å². The Morgan fingerprint density at radius 3 is 2.48 bits per heavy atom. The molecule has 0 saturated heterocycles. The van der Waals surface area contributed by atoms with E-state index in [4.69, 9.17) is 23.2 Å². The van der Waals surface area contributed by atoms with E-state index < -0.39 is 11.6 Å². The van der Waals surface area contributed by atoms with Gasteiger partial charge in [0.05, 0.1) is 11.7 Å². The van der Waals surface area contributed by atoms with Crippen molar-refractivity contribution in [2.75, 3.05) is 5.32 Å². The fraction of sp³-hybridized carbons (Fsp3) is 0.200. The predicted octanol–water partition coefficient (Wildman–Crippen LogP) is 6.60. The molecule has 21 heavy (non-hydrogen) atoms. The molecule has 0 aromatic heterocycles. The molecule has 0 aliphatic rings. The molecule has 0 amide bonds. The van der Waals surface area contributed by atoms with Crippen molar-refractivity contribution in [1.82, 2.24) is 0 Å². The lowest BCUT2D eigenvalue weighted by atomic mass is 10.0. The van der Waals surface area contributed by atoms with E-state index in [9.17, 15) is 8.78 Å². The lowest BCUT2D eigenvalue weighted by molar-refractivity contribution is 0.581. The molecule has 1 N–H and O–H groups in total.